The first-order chi connectivity index (χ1) is 11.2. The van der Waals surface area contributed by atoms with E-state index in [0.29, 0.717) is 37.3 Å². The van der Waals surface area contributed by atoms with Gasteiger partial charge in [-0.3, -0.25) is 9.89 Å². The van der Waals surface area contributed by atoms with Crippen LogP contribution in [0.3, 0.4) is 0 Å². The molecule has 1 aliphatic rings. The summed E-state index contributed by atoms with van der Waals surface area (Å²) in [6, 6.07) is -0.0533. The van der Waals surface area contributed by atoms with Crippen LogP contribution in [-0.2, 0) is 19.6 Å². The van der Waals surface area contributed by atoms with Gasteiger partial charge >= 0.3 is 0 Å². The maximum Gasteiger partial charge on any atom is 0.246 e. The van der Waals surface area contributed by atoms with Gasteiger partial charge in [0.15, 0.2) is 0 Å². The molecule has 0 radical (unpaired) electrons. The van der Waals surface area contributed by atoms with E-state index in [2.05, 4.69) is 15.5 Å². The molecule has 0 aliphatic carbocycles. The number of piperidine rings is 1. The number of ketones is 1. The maximum absolute atomic E-state index is 12.7. The minimum absolute atomic E-state index is 0.0167. The molecule has 8 nitrogen and oxygen atoms in total. The summed E-state index contributed by atoms with van der Waals surface area (Å²) in [5, 5.41) is 9.52. The molecule has 0 spiro atoms. The van der Waals surface area contributed by atoms with E-state index in [1.165, 1.54) is 11.2 Å². The lowest BCUT2D eigenvalue weighted by molar-refractivity contribution is -0.125. The molecule has 134 valence electrons. The second kappa shape index (κ2) is 7.43. The molecule has 1 fully saturated rings. The average molecular weight is 356 g/mol. The molecule has 0 unspecified atom stereocenters. The minimum atomic E-state index is -3.57. The third kappa shape index (κ3) is 4.21. The highest BCUT2D eigenvalue weighted by molar-refractivity contribution is 7.89. The predicted molar refractivity (Wildman–Crippen MR) is 87.9 cm³/mol. The van der Waals surface area contributed by atoms with E-state index < -0.39 is 10.0 Å². The molecule has 2 heterocycles. The van der Waals surface area contributed by atoms with Crippen LogP contribution in [0.1, 0.15) is 44.0 Å². The van der Waals surface area contributed by atoms with Gasteiger partial charge in [-0.05, 0) is 33.6 Å². The van der Waals surface area contributed by atoms with Crippen molar-refractivity contribution in [1.29, 1.82) is 0 Å². The van der Waals surface area contributed by atoms with Crippen LogP contribution in [0, 0.1) is 13.8 Å². The predicted octanol–water partition coefficient (Wildman–Crippen LogP) is 0.665. The van der Waals surface area contributed by atoms with E-state index >= 15 is 0 Å². The number of nitrogens with one attached hydrogen (secondary N) is 2. The van der Waals surface area contributed by atoms with Gasteiger partial charge in [0, 0.05) is 32.0 Å². The lowest BCUT2D eigenvalue weighted by Crippen LogP contribution is -2.46. The standard InChI is InChI=1S/C15H24N4O4S/c1-10(20)4-5-14(21)16-13-6-8-19(9-7-13)24(22,23)15-11(2)17-18-12(15)3/h13H,4-9H2,1-3H3,(H,16,21)(H,17,18). The molecule has 9 heteroatoms. The molecular formula is C15H24N4O4S. The zero-order valence-electron chi connectivity index (χ0n) is 14.3. The third-order valence-electron chi connectivity index (χ3n) is 4.18. The van der Waals surface area contributed by atoms with Crippen LogP contribution in [0.5, 0.6) is 0 Å². The van der Waals surface area contributed by atoms with E-state index in [1.54, 1.807) is 13.8 Å². The van der Waals surface area contributed by atoms with Crippen molar-refractivity contribution in [1.82, 2.24) is 19.8 Å². The molecule has 24 heavy (non-hydrogen) atoms. The Bertz CT molecular complexity index is 698. The number of carbonyl (C=O) groups excluding carboxylic acids is 2. The zero-order chi connectivity index (χ0) is 17.9. The van der Waals surface area contributed by atoms with Crippen LogP contribution in [0.2, 0.25) is 0 Å². The van der Waals surface area contributed by atoms with Crippen LogP contribution in [0.15, 0.2) is 4.90 Å². The van der Waals surface area contributed by atoms with E-state index in [9.17, 15) is 18.0 Å². The van der Waals surface area contributed by atoms with Crippen LogP contribution in [-0.4, -0.2) is 53.7 Å². The van der Waals surface area contributed by atoms with E-state index in [-0.39, 0.29) is 35.5 Å². The lowest BCUT2D eigenvalue weighted by Gasteiger charge is -2.31. The molecule has 1 aromatic rings. The van der Waals surface area contributed by atoms with Gasteiger partial charge in [-0.1, -0.05) is 0 Å². The number of carbonyl (C=O) groups is 2. The first-order valence-electron chi connectivity index (χ1n) is 8.02. The number of Topliss-reactive ketones (excluding diaryl/α,β-unsaturated/α-hetero) is 1. The van der Waals surface area contributed by atoms with Gasteiger partial charge in [0.1, 0.15) is 10.7 Å². The number of hydrogen-bond donors (Lipinski definition) is 2. The van der Waals surface area contributed by atoms with E-state index in [0.717, 1.165) is 0 Å². The number of nitrogens with zero attached hydrogens (tertiary/aromatic N) is 2. The Kier molecular flexibility index (Phi) is 5.76. The molecule has 2 rings (SSSR count). The zero-order valence-corrected chi connectivity index (χ0v) is 15.1. The Morgan fingerprint density at radius 2 is 1.88 bits per heavy atom. The number of hydrogen-bond acceptors (Lipinski definition) is 5. The van der Waals surface area contributed by atoms with Crippen molar-refractivity contribution in [2.75, 3.05) is 13.1 Å². The fourth-order valence-corrected chi connectivity index (χ4v) is 4.68. The molecule has 1 amide bonds. The molecule has 1 aliphatic heterocycles. The number of H-pyrrole nitrogens is 1. The normalized spacial score (nSPS) is 17.0. The number of sulfonamides is 1. The number of aromatic nitrogens is 2. The summed E-state index contributed by atoms with van der Waals surface area (Å²) in [6.07, 6.45) is 1.53. The Hall–Kier alpha value is -1.74. The van der Waals surface area contributed by atoms with E-state index in [1.807, 2.05) is 0 Å². The van der Waals surface area contributed by atoms with Crippen molar-refractivity contribution in [2.45, 2.75) is 57.4 Å². The van der Waals surface area contributed by atoms with Gasteiger partial charge in [-0.15, -0.1) is 0 Å². The van der Waals surface area contributed by atoms with E-state index in [4.69, 9.17) is 0 Å². The largest absolute Gasteiger partial charge is 0.353 e. The summed E-state index contributed by atoms with van der Waals surface area (Å²) in [7, 11) is -3.57. The van der Waals surface area contributed by atoms with Crippen molar-refractivity contribution in [2.24, 2.45) is 0 Å². The van der Waals surface area contributed by atoms with Crippen LogP contribution >= 0.6 is 0 Å². The van der Waals surface area contributed by atoms with Crippen molar-refractivity contribution >= 4 is 21.7 Å². The molecule has 0 bridgehead atoms. The van der Waals surface area contributed by atoms with Crippen LogP contribution < -0.4 is 5.32 Å². The molecule has 2 N–H and O–H groups in total. The summed E-state index contributed by atoms with van der Waals surface area (Å²) in [6.45, 7) is 5.51. The van der Waals surface area contributed by atoms with Gasteiger partial charge in [0.2, 0.25) is 15.9 Å². The number of rotatable bonds is 6. The van der Waals surface area contributed by atoms with Gasteiger partial charge < -0.3 is 10.1 Å². The van der Waals surface area contributed by atoms with Crippen molar-refractivity contribution in [3.8, 4) is 0 Å². The Labute approximate surface area is 142 Å². The first kappa shape index (κ1) is 18.6. The maximum atomic E-state index is 12.7. The van der Waals surface area contributed by atoms with Crippen molar-refractivity contribution < 1.29 is 18.0 Å². The molecule has 1 saturated heterocycles. The quantitative estimate of drug-likeness (QED) is 0.778. The summed E-state index contributed by atoms with van der Waals surface area (Å²) in [5.74, 6) is -0.176. The van der Waals surface area contributed by atoms with Gasteiger partial charge in [0.05, 0.1) is 11.4 Å². The second-order valence-corrected chi connectivity index (χ2v) is 8.09. The molecular weight excluding hydrogens is 332 g/mol. The Morgan fingerprint density at radius 1 is 1.25 bits per heavy atom. The highest BCUT2D eigenvalue weighted by Gasteiger charge is 2.33. The Balaban J connectivity index is 1.93. The van der Waals surface area contributed by atoms with Crippen LogP contribution in [0.25, 0.3) is 0 Å². The van der Waals surface area contributed by atoms with Gasteiger partial charge in [-0.2, -0.15) is 9.40 Å². The molecule has 0 aromatic carbocycles. The minimum Gasteiger partial charge on any atom is -0.353 e. The highest BCUT2D eigenvalue weighted by atomic mass is 32.2. The molecule has 0 atom stereocenters. The smallest absolute Gasteiger partial charge is 0.246 e. The Morgan fingerprint density at radius 3 is 2.38 bits per heavy atom. The average Bonchev–Trinajstić information content (AvgIpc) is 2.85. The summed E-state index contributed by atoms with van der Waals surface area (Å²) in [4.78, 5) is 22.9. The highest BCUT2D eigenvalue weighted by Crippen LogP contribution is 2.24. The number of aromatic amines is 1. The van der Waals surface area contributed by atoms with Crippen LogP contribution in [0.4, 0.5) is 0 Å². The molecule has 0 saturated carbocycles. The SMILES string of the molecule is CC(=O)CCC(=O)NC1CCN(S(=O)(=O)c2c(C)n[nH]c2C)CC1. The van der Waals surface area contributed by atoms with Gasteiger partial charge in [0.25, 0.3) is 0 Å². The number of amides is 1. The monoisotopic (exact) mass is 356 g/mol. The fourth-order valence-electron chi connectivity index (χ4n) is 2.88. The van der Waals surface area contributed by atoms with Gasteiger partial charge in [-0.25, -0.2) is 8.42 Å². The first-order valence-corrected chi connectivity index (χ1v) is 9.46. The summed E-state index contributed by atoms with van der Waals surface area (Å²) >= 11 is 0. The lowest BCUT2D eigenvalue weighted by atomic mass is 10.1. The topological polar surface area (TPSA) is 112 Å². The third-order valence-corrected chi connectivity index (χ3v) is 6.34. The van der Waals surface area contributed by atoms with Crippen molar-refractivity contribution in [3.05, 3.63) is 11.4 Å². The van der Waals surface area contributed by atoms with Crippen molar-refractivity contribution in [3.63, 3.8) is 0 Å². The summed E-state index contributed by atoms with van der Waals surface area (Å²) in [5.41, 5.74) is 0.999. The molecule has 1 aromatic heterocycles. The summed E-state index contributed by atoms with van der Waals surface area (Å²) < 4.78 is 26.9. The second-order valence-electron chi connectivity index (χ2n) is 6.21. The number of aryl methyl sites for hydroxylation is 2. The fraction of sp³-hybridized carbons (Fsp3) is 0.667.